The molecule has 0 radical (unpaired) electrons. The van der Waals surface area contributed by atoms with Gasteiger partial charge >= 0.3 is 0 Å². The molecule has 0 saturated heterocycles. The van der Waals surface area contributed by atoms with Crippen LogP contribution in [0.3, 0.4) is 0 Å². The molecule has 0 unspecified atom stereocenters. The van der Waals surface area contributed by atoms with Gasteiger partial charge in [0.05, 0.1) is 12.8 Å². The SMILES string of the molecule is O=C(Nc1cccc(Cn2cccn2)c1)c1ccco1. The van der Waals surface area contributed by atoms with Crippen LogP contribution in [0, 0.1) is 0 Å². The first kappa shape index (κ1) is 12.2. The van der Waals surface area contributed by atoms with Crippen LogP contribution >= 0.6 is 0 Å². The van der Waals surface area contributed by atoms with E-state index in [1.807, 2.05) is 41.2 Å². The summed E-state index contributed by atoms with van der Waals surface area (Å²) in [6.07, 6.45) is 5.11. The topological polar surface area (TPSA) is 60.1 Å². The zero-order valence-corrected chi connectivity index (χ0v) is 10.7. The van der Waals surface area contributed by atoms with Crippen LogP contribution in [-0.4, -0.2) is 15.7 Å². The molecule has 0 spiro atoms. The molecule has 0 fully saturated rings. The summed E-state index contributed by atoms with van der Waals surface area (Å²) in [6.45, 7) is 0.664. The summed E-state index contributed by atoms with van der Waals surface area (Å²) in [5, 5.41) is 6.96. The Morgan fingerprint density at radius 1 is 1.25 bits per heavy atom. The van der Waals surface area contributed by atoms with Crippen LogP contribution in [0.5, 0.6) is 0 Å². The van der Waals surface area contributed by atoms with Crippen molar-refractivity contribution >= 4 is 11.6 Å². The third-order valence-electron chi connectivity index (χ3n) is 2.83. The van der Waals surface area contributed by atoms with Crippen molar-refractivity contribution in [2.24, 2.45) is 0 Å². The molecular formula is C15H13N3O2. The smallest absolute Gasteiger partial charge is 0.291 e. The minimum Gasteiger partial charge on any atom is -0.459 e. The van der Waals surface area contributed by atoms with Crippen LogP contribution in [0.2, 0.25) is 0 Å². The molecule has 2 heterocycles. The number of nitrogens with zero attached hydrogens (tertiary/aromatic N) is 2. The van der Waals surface area contributed by atoms with Crippen molar-refractivity contribution in [1.82, 2.24) is 9.78 Å². The van der Waals surface area contributed by atoms with E-state index in [4.69, 9.17) is 4.42 Å². The number of carbonyl (C=O) groups is 1. The van der Waals surface area contributed by atoms with Gasteiger partial charge in [0.2, 0.25) is 0 Å². The van der Waals surface area contributed by atoms with Gasteiger partial charge in [-0.15, -0.1) is 0 Å². The fourth-order valence-corrected chi connectivity index (χ4v) is 1.93. The standard InChI is InChI=1S/C15H13N3O2/c19-15(14-6-2-9-20-14)17-13-5-1-4-12(10-13)11-18-8-3-7-16-18/h1-10H,11H2,(H,17,19). The number of amides is 1. The van der Waals surface area contributed by atoms with Crippen LogP contribution in [-0.2, 0) is 6.54 Å². The number of nitrogens with one attached hydrogen (secondary N) is 1. The highest BCUT2D eigenvalue weighted by atomic mass is 16.3. The predicted molar refractivity (Wildman–Crippen MR) is 74.4 cm³/mol. The molecular weight excluding hydrogens is 254 g/mol. The summed E-state index contributed by atoms with van der Waals surface area (Å²) in [5.41, 5.74) is 1.79. The van der Waals surface area contributed by atoms with Crippen LogP contribution in [0.1, 0.15) is 16.1 Å². The maximum atomic E-state index is 11.9. The van der Waals surface area contributed by atoms with Crippen molar-refractivity contribution in [1.29, 1.82) is 0 Å². The first-order chi connectivity index (χ1) is 9.81. The van der Waals surface area contributed by atoms with E-state index < -0.39 is 0 Å². The summed E-state index contributed by atoms with van der Waals surface area (Å²) < 4.78 is 6.88. The van der Waals surface area contributed by atoms with Crippen molar-refractivity contribution < 1.29 is 9.21 Å². The molecule has 1 N–H and O–H groups in total. The summed E-state index contributed by atoms with van der Waals surface area (Å²) in [5.74, 6) is 0.0359. The molecule has 20 heavy (non-hydrogen) atoms. The molecule has 0 aliphatic heterocycles. The summed E-state index contributed by atoms with van der Waals surface area (Å²) in [7, 11) is 0. The second-order valence-corrected chi connectivity index (χ2v) is 4.34. The number of hydrogen-bond donors (Lipinski definition) is 1. The minimum absolute atomic E-state index is 0.258. The van der Waals surface area contributed by atoms with Crippen LogP contribution < -0.4 is 5.32 Å². The Labute approximate surface area is 115 Å². The number of carbonyl (C=O) groups excluding carboxylic acids is 1. The molecule has 100 valence electrons. The summed E-state index contributed by atoms with van der Waals surface area (Å²) in [4.78, 5) is 11.9. The second kappa shape index (κ2) is 5.44. The van der Waals surface area contributed by atoms with E-state index in [1.54, 1.807) is 18.3 Å². The number of aromatic nitrogens is 2. The Balaban J connectivity index is 1.73. The van der Waals surface area contributed by atoms with Gasteiger partial charge in [0, 0.05) is 18.1 Å². The number of anilines is 1. The Morgan fingerprint density at radius 3 is 2.95 bits per heavy atom. The highest BCUT2D eigenvalue weighted by Gasteiger charge is 2.08. The van der Waals surface area contributed by atoms with Gasteiger partial charge in [0.1, 0.15) is 0 Å². The lowest BCUT2D eigenvalue weighted by Gasteiger charge is -2.06. The first-order valence-corrected chi connectivity index (χ1v) is 6.22. The molecule has 5 heteroatoms. The molecule has 5 nitrogen and oxygen atoms in total. The molecule has 1 aromatic carbocycles. The highest BCUT2D eigenvalue weighted by molar-refractivity contribution is 6.02. The van der Waals surface area contributed by atoms with Gasteiger partial charge in [-0.3, -0.25) is 9.48 Å². The van der Waals surface area contributed by atoms with Crippen LogP contribution in [0.4, 0.5) is 5.69 Å². The van der Waals surface area contributed by atoms with E-state index in [2.05, 4.69) is 10.4 Å². The third-order valence-corrected chi connectivity index (χ3v) is 2.83. The maximum absolute atomic E-state index is 11.9. The number of furan rings is 1. The lowest BCUT2D eigenvalue weighted by atomic mass is 10.2. The van der Waals surface area contributed by atoms with Crippen molar-refractivity contribution in [2.45, 2.75) is 6.54 Å². The molecule has 3 rings (SSSR count). The van der Waals surface area contributed by atoms with E-state index in [1.165, 1.54) is 6.26 Å². The summed E-state index contributed by atoms with van der Waals surface area (Å²) >= 11 is 0. The zero-order chi connectivity index (χ0) is 13.8. The van der Waals surface area contributed by atoms with E-state index >= 15 is 0 Å². The number of hydrogen-bond acceptors (Lipinski definition) is 3. The lowest BCUT2D eigenvalue weighted by Crippen LogP contribution is -2.11. The van der Waals surface area contributed by atoms with Gasteiger partial charge in [-0.1, -0.05) is 12.1 Å². The Bertz CT molecular complexity index is 688. The summed E-state index contributed by atoms with van der Waals surface area (Å²) in [6, 6.07) is 12.8. The van der Waals surface area contributed by atoms with Crippen molar-refractivity contribution in [2.75, 3.05) is 5.32 Å². The normalized spacial score (nSPS) is 10.4. The van der Waals surface area contributed by atoms with E-state index in [-0.39, 0.29) is 5.91 Å². The Kier molecular flexibility index (Phi) is 3.33. The highest BCUT2D eigenvalue weighted by Crippen LogP contribution is 2.13. The minimum atomic E-state index is -0.258. The largest absolute Gasteiger partial charge is 0.459 e. The van der Waals surface area contributed by atoms with Gasteiger partial charge < -0.3 is 9.73 Å². The average molecular weight is 267 g/mol. The van der Waals surface area contributed by atoms with Gasteiger partial charge in [0.25, 0.3) is 5.91 Å². The second-order valence-electron chi connectivity index (χ2n) is 4.34. The molecule has 2 aromatic heterocycles. The lowest BCUT2D eigenvalue weighted by molar-refractivity contribution is 0.0996. The Morgan fingerprint density at radius 2 is 2.20 bits per heavy atom. The zero-order valence-electron chi connectivity index (χ0n) is 10.7. The molecule has 0 saturated carbocycles. The van der Waals surface area contributed by atoms with Crippen molar-refractivity contribution in [3.63, 3.8) is 0 Å². The first-order valence-electron chi connectivity index (χ1n) is 6.22. The number of rotatable bonds is 4. The van der Waals surface area contributed by atoms with Crippen molar-refractivity contribution in [3.05, 3.63) is 72.4 Å². The van der Waals surface area contributed by atoms with Crippen LogP contribution in [0.15, 0.2) is 65.5 Å². The van der Waals surface area contributed by atoms with Gasteiger partial charge in [0.15, 0.2) is 5.76 Å². The fourth-order valence-electron chi connectivity index (χ4n) is 1.93. The third kappa shape index (κ3) is 2.77. The monoisotopic (exact) mass is 267 g/mol. The molecule has 0 bridgehead atoms. The molecule has 1 amide bonds. The van der Waals surface area contributed by atoms with Gasteiger partial charge in [-0.2, -0.15) is 5.10 Å². The quantitative estimate of drug-likeness (QED) is 0.790. The number of benzene rings is 1. The average Bonchev–Trinajstić information content (AvgIpc) is 3.12. The molecule has 3 aromatic rings. The predicted octanol–water partition coefficient (Wildman–Crippen LogP) is 2.78. The van der Waals surface area contributed by atoms with Crippen LogP contribution in [0.25, 0.3) is 0 Å². The van der Waals surface area contributed by atoms with Gasteiger partial charge in [-0.05, 0) is 35.9 Å². The van der Waals surface area contributed by atoms with E-state index in [0.717, 1.165) is 11.3 Å². The van der Waals surface area contributed by atoms with E-state index in [9.17, 15) is 4.79 Å². The van der Waals surface area contributed by atoms with E-state index in [0.29, 0.717) is 12.3 Å². The maximum Gasteiger partial charge on any atom is 0.291 e. The molecule has 0 aliphatic rings. The van der Waals surface area contributed by atoms with Crippen molar-refractivity contribution in [3.8, 4) is 0 Å². The fraction of sp³-hybridized carbons (Fsp3) is 0.0667. The Hall–Kier alpha value is -2.82. The van der Waals surface area contributed by atoms with Gasteiger partial charge in [-0.25, -0.2) is 0 Å². The molecule has 0 aliphatic carbocycles. The molecule has 0 atom stereocenters.